The summed E-state index contributed by atoms with van der Waals surface area (Å²) in [5, 5.41) is 21.8. The van der Waals surface area contributed by atoms with Gasteiger partial charge in [-0.05, 0) is 26.0 Å². The third-order valence-corrected chi connectivity index (χ3v) is 6.09. The Balaban J connectivity index is 1.62. The van der Waals surface area contributed by atoms with Crippen LogP contribution in [0.5, 0.6) is 5.75 Å². The Kier molecular flexibility index (Phi) is 5.64. The second kappa shape index (κ2) is 8.22. The number of nitrogens with zero attached hydrogens (tertiary/aromatic N) is 3. The molecule has 1 aliphatic rings. The van der Waals surface area contributed by atoms with Gasteiger partial charge in [-0.1, -0.05) is 11.6 Å². The number of halogens is 1. The van der Waals surface area contributed by atoms with Gasteiger partial charge in [0.15, 0.2) is 0 Å². The van der Waals surface area contributed by atoms with Crippen LogP contribution in [-0.4, -0.2) is 55.8 Å². The van der Waals surface area contributed by atoms with Gasteiger partial charge in [0, 0.05) is 43.4 Å². The van der Waals surface area contributed by atoms with Crippen molar-refractivity contribution in [1.29, 1.82) is 5.41 Å². The van der Waals surface area contributed by atoms with E-state index < -0.39 is 0 Å². The molecule has 0 saturated carbocycles. The zero-order valence-corrected chi connectivity index (χ0v) is 17.9. The Hall–Kier alpha value is -2.68. The molecule has 0 atom stereocenters. The number of benzene rings is 1. The number of aromatic hydroxyl groups is 1. The molecule has 0 spiro atoms. The van der Waals surface area contributed by atoms with Gasteiger partial charge in [-0.15, -0.1) is 0 Å². The molecule has 3 heterocycles. The lowest BCUT2D eigenvalue weighted by atomic mass is 10.0. The van der Waals surface area contributed by atoms with Crippen LogP contribution in [0.3, 0.4) is 0 Å². The highest BCUT2D eigenvalue weighted by Crippen LogP contribution is 2.30. The first-order valence-corrected chi connectivity index (χ1v) is 10.5. The molecule has 158 valence electrons. The van der Waals surface area contributed by atoms with Crippen LogP contribution >= 0.6 is 11.6 Å². The van der Waals surface area contributed by atoms with Gasteiger partial charge in [0.05, 0.1) is 28.0 Å². The fourth-order valence-electron chi connectivity index (χ4n) is 4.08. The van der Waals surface area contributed by atoms with Crippen molar-refractivity contribution in [2.45, 2.75) is 38.8 Å². The minimum atomic E-state index is 0.0777. The summed E-state index contributed by atoms with van der Waals surface area (Å²) < 4.78 is 0. The maximum Gasteiger partial charge on any atom is 0.239 e. The topological polar surface area (TPSA) is 132 Å². The number of fused-ring (bicyclic) bond motifs is 1. The number of hydrogen-bond donors (Lipinski definition) is 5. The Bertz CT molecular complexity index is 1090. The largest absolute Gasteiger partial charge is 0.508 e. The van der Waals surface area contributed by atoms with Gasteiger partial charge in [-0.3, -0.25) is 10.7 Å². The van der Waals surface area contributed by atoms with E-state index in [9.17, 15) is 5.11 Å². The minimum absolute atomic E-state index is 0.0777. The number of aromatic amines is 1. The standard InChI is InChI=1S/C21H26ClN7O/c1-11(2)29-5-3-13(4-6-29)27-21-17(20(24)25-10-26-21)18(23)16-8-12-7-14(30)9-15(22)19(12)28-16/h7-11,13,23,28,30H,3-6H2,1-2H3,(H3,24,25,26,27)/p+1. The summed E-state index contributed by atoms with van der Waals surface area (Å²) in [6.07, 6.45) is 3.55. The number of aromatic nitrogens is 3. The van der Waals surface area contributed by atoms with Crippen molar-refractivity contribution in [3.05, 3.63) is 40.8 Å². The SMILES string of the molecule is CC(C)N1CCC([NH2+]c2ncnc(N)c2C(=N)c2cc3cc(O)cc(Cl)c3[nH]2)CC1. The molecule has 30 heavy (non-hydrogen) atoms. The van der Waals surface area contributed by atoms with Crippen LogP contribution in [-0.2, 0) is 0 Å². The average Bonchev–Trinajstić information content (AvgIpc) is 3.12. The number of phenols is 1. The van der Waals surface area contributed by atoms with Crippen molar-refractivity contribution < 1.29 is 10.4 Å². The van der Waals surface area contributed by atoms with Crippen LogP contribution in [0.15, 0.2) is 24.5 Å². The van der Waals surface area contributed by atoms with Gasteiger partial charge in [-0.25, -0.2) is 4.98 Å². The second-order valence-electron chi connectivity index (χ2n) is 8.10. The van der Waals surface area contributed by atoms with Crippen molar-refractivity contribution in [1.82, 2.24) is 19.9 Å². The fraction of sp³-hybridized carbons (Fsp3) is 0.381. The quantitative estimate of drug-likeness (QED) is 0.398. The zero-order valence-electron chi connectivity index (χ0n) is 17.1. The van der Waals surface area contributed by atoms with Crippen LogP contribution in [0.2, 0.25) is 5.02 Å². The normalized spacial score (nSPS) is 15.9. The van der Waals surface area contributed by atoms with E-state index in [1.807, 2.05) is 0 Å². The molecule has 0 bridgehead atoms. The van der Waals surface area contributed by atoms with Crippen molar-refractivity contribution in [3.8, 4) is 5.75 Å². The van der Waals surface area contributed by atoms with Crippen LogP contribution in [0.25, 0.3) is 10.9 Å². The van der Waals surface area contributed by atoms with Crippen LogP contribution in [0, 0.1) is 5.41 Å². The van der Waals surface area contributed by atoms with Crippen LogP contribution in [0.4, 0.5) is 11.6 Å². The van der Waals surface area contributed by atoms with E-state index in [4.69, 9.17) is 22.7 Å². The minimum Gasteiger partial charge on any atom is -0.508 e. The molecule has 7 N–H and O–H groups in total. The summed E-state index contributed by atoms with van der Waals surface area (Å²) >= 11 is 6.23. The van der Waals surface area contributed by atoms with Crippen molar-refractivity contribution >= 4 is 39.9 Å². The summed E-state index contributed by atoms with van der Waals surface area (Å²) in [4.78, 5) is 14.2. The Labute approximate surface area is 180 Å². The number of phenolic OH excluding ortho intramolecular Hbond substituents is 1. The summed E-state index contributed by atoms with van der Waals surface area (Å²) in [7, 11) is 0. The number of hydrogen-bond acceptors (Lipinski definition) is 6. The molecule has 8 nitrogen and oxygen atoms in total. The van der Waals surface area contributed by atoms with Crippen molar-refractivity contribution in [2.75, 3.05) is 18.8 Å². The molecule has 1 aliphatic heterocycles. The van der Waals surface area contributed by atoms with E-state index in [-0.39, 0.29) is 17.3 Å². The molecule has 2 aromatic heterocycles. The maximum atomic E-state index is 9.80. The molecule has 4 rings (SSSR count). The first-order valence-electron chi connectivity index (χ1n) is 10.1. The molecule has 9 heteroatoms. The smallest absolute Gasteiger partial charge is 0.239 e. The molecular formula is C21H27ClN7O+. The van der Waals surface area contributed by atoms with Gasteiger partial charge in [0.2, 0.25) is 5.82 Å². The zero-order chi connectivity index (χ0) is 21.4. The average molecular weight is 429 g/mol. The summed E-state index contributed by atoms with van der Waals surface area (Å²) in [5.74, 6) is 1.03. The number of nitrogen functional groups attached to an aromatic ring is 1. The van der Waals surface area contributed by atoms with E-state index in [0.717, 1.165) is 31.3 Å². The number of nitrogens with one attached hydrogen (secondary N) is 2. The lowest BCUT2D eigenvalue weighted by molar-refractivity contribution is -0.618. The van der Waals surface area contributed by atoms with Gasteiger partial charge < -0.3 is 20.7 Å². The highest BCUT2D eigenvalue weighted by molar-refractivity contribution is 6.35. The highest BCUT2D eigenvalue weighted by Gasteiger charge is 2.27. The molecule has 0 amide bonds. The molecular weight excluding hydrogens is 402 g/mol. The third kappa shape index (κ3) is 3.98. The van der Waals surface area contributed by atoms with Gasteiger partial charge in [0.25, 0.3) is 0 Å². The van der Waals surface area contributed by atoms with Crippen molar-refractivity contribution in [3.63, 3.8) is 0 Å². The number of piperidine rings is 1. The van der Waals surface area contributed by atoms with Gasteiger partial charge in [-0.2, -0.15) is 4.98 Å². The molecule has 0 radical (unpaired) electrons. The fourth-order valence-corrected chi connectivity index (χ4v) is 4.34. The third-order valence-electron chi connectivity index (χ3n) is 5.79. The summed E-state index contributed by atoms with van der Waals surface area (Å²) in [6, 6.07) is 5.79. The van der Waals surface area contributed by atoms with Gasteiger partial charge in [0.1, 0.15) is 23.5 Å². The van der Waals surface area contributed by atoms with E-state index in [1.165, 1.54) is 12.4 Å². The summed E-state index contributed by atoms with van der Waals surface area (Å²) in [6.45, 7) is 6.55. The molecule has 0 aliphatic carbocycles. The first-order chi connectivity index (χ1) is 14.3. The predicted octanol–water partition coefficient (Wildman–Crippen LogP) is 2.38. The van der Waals surface area contributed by atoms with Gasteiger partial charge >= 0.3 is 0 Å². The molecule has 1 saturated heterocycles. The predicted molar refractivity (Wildman–Crippen MR) is 119 cm³/mol. The Morgan fingerprint density at radius 3 is 2.73 bits per heavy atom. The Morgan fingerprint density at radius 2 is 2.03 bits per heavy atom. The molecule has 1 aromatic carbocycles. The number of anilines is 1. The maximum absolute atomic E-state index is 9.80. The van der Waals surface area contributed by atoms with E-state index in [2.05, 4.69) is 39.0 Å². The van der Waals surface area contributed by atoms with E-state index >= 15 is 0 Å². The van der Waals surface area contributed by atoms with Crippen LogP contribution in [0.1, 0.15) is 37.9 Å². The molecule has 3 aromatic rings. The number of rotatable bonds is 5. The lowest BCUT2D eigenvalue weighted by Gasteiger charge is -2.33. The number of H-pyrrole nitrogens is 1. The number of likely N-dealkylation sites (tertiary alicyclic amines) is 1. The monoisotopic (exact) mass is 428 g/mol. The number of nitrogens with two attached hydrogens (primary N) is 2. The first kappa shape index (κ1) is 20.6. The molecule has 0 unspecified atom stereocenters. The van der Waals surface area contributed by atoms with E-state index in [0.29, 0.717) is 39.7 Å². The number of quaternary nitrogens is 1. The highest BCUT2D eigenvalue weighted by atomic mass is 35.5. The van der Waals surface area contributed by atoms with Crippen LogP contribution < -0.4 is 11.1 Å². The lowest BCUT2D eigenvalue weighted by Crippen LogP contribution is -2.86. The van der Waals surface area contributed by atoms with Crippen molar-refractivity contribution in [2.24, 2.45) is 0 Å². The summed E-state index contributed by atoms with van der Waals surface area (Å²) in [5.41, 5.74) is 8.09. The Morgan fingerprint density at radius 1 is 1.30 bits per heavy atom. The molecule has 1 fully saturated rings. The van der Waals surface area contributed by atoms with E-state index in [1.54, 1.807) is 12.1 Å². The second-order valence-corrected chi connectivity index (χ2v) is 8.51.